The van der Waals surface area contributed by atoms with Crippen molar-refractivity contribution in [3.8, 4) is 5.69 Å². The van der Waals surface area contributed by atoms with Crippen LogP contribution < -0.4 is 16.0 Å². The summed E-state index contributed by atoms with van der Waals surface area (Å²) in [4.78, 5) is 25.5. The number of nitrogen functional groups attached to an aromatic ring is 1. The fraction of sp³-hybridized carbons (Fsp3) is 0.0526. The number of urea groups is 1. The first-order valence-electron chi connectivity index (χ1n) is 7.75. The van der Waals surface area contributed by atoms with Crippen molar-refractivity contribution in [2.24, 2.45) is 0 Å². The van der Waals surface area contributed by atoms with Crippen LogP contribution in [-0.2, 0) is 4.79 Å². The normalized spacial score (nSPS) is 10.3. The first kappa shape index (κ1) is 16.3. The molecule has 0 atom stereocenters. The zero-order valence-electron chi connectivity index (χ0n) is 13.7. The van der Waals surface area contributed by atoms with Crippen LogP contribution in [0.5, 0.6) is 0 Å². The summed E-state index contributed by atoms with van der Waals surface area (Å²) < 4.78 is 1.96. The molecule has 0 bridgehead atoms. The van der Waals surface area contributed by atoms with Gasteiger partial charge in [-0.3, -0.25) is 4.79 Å². The molecule has 0 saturated carbocycles. The Kier molecular flexibility index (Phi) is 4.52. The molecule has 1 aromatic heterocycles. The molecule has 0 radical (unpaired) electrons. The van der Waals surface area contributed by atoms with Crippen molar-refractivity contribution < 1.29 is 9.59 Å². The molecule has 0 saturated heterocycles. The van der Waals surface area contributed by atoms with Gasteiger partial charge in [0, 0.05) is 36.4 Å². The highest BCUT2D eigenvalue weighted by atomic mass is 16.2. The van der Waals surface area contributed by atoms with Gasteiger partial charge >= 0.3 is 6.03 Å². The third-order valence-corrected chi connectivity index (χ3v) is 3.69. The summed E-state index contributed by atoms with van der Waals surface area (Å²) in [6.45, 7) is 1.34. The lowest BCUT2D eigenvalue weighted by Gasteiger charge is -2.20. The van der Waals surface area contributed by atoms with E-state index < -0.39 is 6.03 Å². The number of hydrogen-bond donors (Lipinski definition) is 2. The fourth-order valence-electron chi connectivity index (χ4n) is 2.47. The van der Waals surface area contributed by atoms with Gasteiger partial charge in [0.2, 0.25) is 5.91 Å². The van der Waals surface area contributed by atoms with E-state index in [4.69, 9.17) is 5.73 Å². The van der Waals surface area contributed by atoms with E-state index in [0.29, 0.717) is 17.1 Å². The summed E-state index contributed by atoms with van der Waals surface area (Å²) in [6.07, 6.45) is 3.87. The minimum Gasteiger partial charge on any atom is -0.399 e. The summed E-state index contributed by atoms with van der Waals surface area (Å²) in [6, 6.07) is 17.2. The van der Waals surface area contributed by atoms with E-state index in [0.717, 1.165) is 10.6 Å². The molecule has 1 heterocycles. The van der Waals surface area contributed by atoms with E-state index in [1.807, 2.05) is 41.2 Å². The van der Waals surface area contributed by atoms with E-state index in [2.05, 4.69) is 5.32 Å². The molecule has 0 fully saturated rings. The minimum atomic E-state index is -0.522. The number of amides is 3. The van der Waals surface area contributed by atoms with Crippen LogP contribution in [0.15, 0.2) is 73.1 Å². The maximum atomic E-state index is 12.5. The van der Waals surface area contributed by atoms with E-state index in [1.165, 1.54) is 6.92 Å². The number of rotatable bonds is 3. The van der Waals surface area contributed by atoms with Gasteiger partial charge in [0.15, 0.2) is 0 Å². The van der Waals surface area contributed by atoms with Crippen molar-refractivity contribution in [3.05, 3.63) is 73.1 Å². The van der Waals surface area contributed by atoms with Crippen LogP contribution in [0.3, 0.4) is 0 Å². The number of benzene rings is 2. The number of carbonyl (C=O) groups is 2. The van der Waals surface area contributed by atoms with E-state index >= 15 is 0 Å². The lowest BCUT2D eigenvalue weighted by molar-refractivity contribution is -0.115. The molecule has 2 aromatic carbocycles. The van der Waals surface area contributed by atoms with Crippen LogP contribution in [0.2, 0.25) is 0 Å². The number of carbonyl (C=O) groups excluding carboxylic acids is 2. The van der Waals surface area contributed by atoms with Gasteiger partial charge in [-0.05, 0) is 60.7 Å². The van der Waals surface area contributed by atoms with Crippen molar-refractivity contribution in [2.75, 3.05) is 16.0 Å². The smallest absolute Gasteiger partial charge is 0.333 e. The van der Waals surface area contributed by atoms with Crippen LogP contribution in [0, 0.1) is 0 Å². The summed E-state index contributed by atoms with van der Waals surface area (Å²) in [7, 11) is 0. The number of nitrogens with one attached hydrogen (secondary N) is 1. The largest absolute Gasteiger partial charge is 0.399 e. The second-order valence-corrected chi connectivity index (χ2v) is 5.51. The molecule has 0 aliphatic heterocycles. The van der Waals surface area contributed by atoms with E-state index in [1.54, 1.807) is 36.4 Å². The highest BCUT2D eigenvalue weighted by Gasteiger charge is 2.20. The number of aromatic nitrogens is 1. The van der Waals surface area contributed by atoms with E-state index in [9.17, 15) is 9.59 Å². The number of imide groups is 1. The Morgan fingerprint density at radius 2 is 1.56 bits per heavy atom. The Labute approximate surface area is 145 Å². The molecule has 0 spiro atoms. The van der Waals surface area contributed by atoms with Crippen molar-refractivity contribution in [3.63, 3.8) is 0 Å². The lowest BCUT2D eigenvalue weighted by Crippen LogP contribution is -2.38. The van der Waals surface area contributed by atoms with E-state index in [-0.39, 0.29) is 5.91 Å². The molecule has 0 unspecified atom stereocenters. The second kappa shape index (κ2) is 6.92. The summed E-state index contributed by atoms with van der Waals surface area (Å²) >= 11 is 0. The van der Waals surface area contributed by atoms with Crippen LogP contribution in [-0.4, -0.2) is 16.5 Å². The summed E-state index contributed by atoms with van der Waals surface area (Å²) in [5.74, 6) is -0.383. The molecule has 3 amide bonds. The zero-order chi connectivity index (χ0) is 17.8. The molecule has 3 rings (SSSR count). The number of nitrogens with zero attached hydrogens (tertiary/aromatic N) is 2. The van der Waals surface area contributed by atoms with Crippen molar-refractivity contribution in [1.29, 1.82) is 0 Å². The number of nitrogens with two attached hydrogens (primary N) is 1. The monoisotopic (exact) mass is 334 g/mol. The molecule has 3 N–H and O–H groups in total. The molecule has 126 valence electrons. The average molecular weight is 334 g/mol. The molecular weight excluding hydrogens is 316 g/mol. The first-order valence-corrected chi connectivity index (χ1v) is 7.75. The topological polar surface area (TPSA) is 80.4 Å². The SMILES string of the molecule is CC(=O)N(C(=O)Nc1ccc(-n2cccc2)cc1)c1ccc(N)cc1. The Balaban J connectivity index is 1.77. The average Bonchev–Trinajstić information content (AvgIpc) is 3.12. The maximum Gasteiger partial charge on any atom is 0.333 e. The summed E-state index contributed by atoms with van der Waals surface area (Å²) in [5.41, 5.74) is 8.25. The standard InChI is InChI=1S/C19H18N4O2/c1-14(24)23(18-8-4-15(20)5-9-18)19(25)21-16-6-10-17(11-7-16)22-12-2-3-13-22/h2-13H,20H2,1H3,(H,21,25). The highest BCUT2D eigenvalue weighted by Crippen LogP contribution is 2.19. The predicted octanol–water partition coefficient (Wildman–Crippen LogP) is 3.64. The van der Waals surface area contributed by atoms with Crippen molar-refractivity contribution in [1.82, 2.24) is 4.57 Å². The molecular formula is C19H18N4O2. The lowest BCUT2D eigenvalue weighted by atomic mass is 10.2. The predicted molar refractivity (Wildman–Crippen MR) is 98.8 cm³/mol. The van der Waals surface area contributed by atoms with Crippen molar-refractivity contribution >= 4 is 29.0 Å². The third kappa shape index (κ3) is 3.69. The van der Waals surface area contributed by atoms with Gasteiger partial charge in [0.1, 0.15) is 0 Å². The fourth-order valence-corrected chi connectivity index (χ4v) is 2.47. The third-order valence-electron chi connectivity index (χ3n) is 3.69. The van der Waals surface area contributed by atoms with Gasteiger partial charge in [-0.15, -0.1) is 0 Å². The first-order chi connectivity index (χ1) is 12.0. The van der Waals surface area contributed by atoms with Gasteiger partial charge in [-0.2, -0.15) is 0 Å². The van der Waals surface area contributed by atoms with Crippen LogP contribution in [0.1, 0.15) is 6.92 Å². The van der Waals surface area contributed by atoms with Gasteiger partial charge in [0.25, 0.3) is 0 Å². The summed E-state index contributed by atoms with van der Waals surface area (Å²) in [5, 5.41) is 2.73. The van der Waals surface area contributed by atoms with Crippen LogP contribution >= 0.6 is 0 Å². The molecule has 25 heavy (non-hydrogen) atoms. The number of anilines is 3. The quantitative estimate of drug-likeness (QED) is 0.718. The Morgan fingerprint density at radius 3 is 2.12 bits per heavy atom. The Hall–Kier alpha value is -3.54. The molecule has 6 heteroatoms. The molecule has 0 aliphatic carbocycles. The highest BCUT2D eigenvalue weighted by molar-refractivity contribution is 6.17. The molecule has 6 nitrogen and oxygen atoms in total. The maximum absolute atomic E-state index is 12.5. The van der Waals surface area contributed by atoms with Crippen LogP contribution in [0.25, 0.3) is 5.69 Å². The zero-order valence-corrected chi connectivity index (χ0v) is 13.7. The van der Waals surface area contributed by atoms with Crippen molar-refractivity contribution in [2.45, 2.75) is 6.92 Å². The van der Waals surface area contributed by atoms with Gasteiger partial charge in [-0.1, -0.05) is 0 Å². The van der Waals surface area contributed by atoms with Crippen LogP contribution in [0.4, 0.5) is 21.9 Å². The van der Waals surface area contributed by atoms with Gasteiger partial charge in [-0.25, -0.2) is 9.69 Å². The Morgan fingerprint density at radius 1 is 0.960 bits per heavy atom. The van der Waals surface area contributed by atoms with Gasteiger partial charge < -0.3 is 15.6 Å². The Bertz CT molecular complexity index is 869. The number of hydrogen-bond acceptors (Lipinski definition) is 3. The second-order valence-electron chi connectivity index (χ2n) is 5.51. The van der Waals surface area contributed by atoms with Gasteiger partial charge in [0.05, 0.1) is 5.69 Å². The molecule has 3 aromatic rings. The molecule has 0 aliphatic rings. The minimum absolute atomic E-state index is 0.383.